The van der Waals surface area contributed by atoms with Crippen LogP contribution in [0, 0.1) is 0 Å². The molecular formula is C15H13NO2. The van der Waals surface area contributed by atoms with E-state index in [1.807, 2.05) is 48.5 Å². The summed E-state index contributed by atoms with van der Waals surface area (Å²) in [6.07, 6.45) is 1.52. The molecule has 0 saturated heterocycles. The Morgan fingerprint density at radius 3 is 2.72 bits per heavy atom. The molecule has 1 N–H and O–H groups in total. The summed E-state index contributed by atoms with van der Waals surface area (Å²) in [6.45, 7) is 0. The Morgan fingerprint density at radius 1 is 1.11 bits per heavy atom. The molecular weight excluding hydrogens is 226 g/mol. The maximum atomic E-state index is 10.1. The van der Waals surface area contributed by atoms with Crippen molar-refractivity contribution in [3.63, 3.8) is 0 Å². The van der Waals surface area contributed by atoms with E-state index in [0.717, 1.165) is 16.7 Å². The maximum absolute atomic E-state index is 10.1. The summed E-state index contributed by atoms with van der Waals surface area (Å²) in [5, 5.41) is 11.1. The lowest BCUT2D eigenvalue weighted by atomic mass is 10.1. The third-order valence-corrected chi connectivity index (χ3v) is 2.90. The van der Waals surface area contributed by atoms with Gasteiger partial charge in [-0.25, -0.2) is 0 Å². The van der Waals surface area contributed by atoms with Gasteiger partial charge in [0, 0.05) is 23.7 Å². The molecule has 90 valence electrons. The first kappa shape index (κ1) is 11.0. The topological polar surface area (TPSA) is 46.3 Å². The zero-order valence-corrected chi connectivity index (χ0v) is 9.78. The minimum absolute atomic E-state index is 0.459. The summed E-state index contributed by atoms with van der Waals surface area (Å²) in [4.78, 5) is 4.20. The summed E-state index contributed by atoms with van der Waals surface area (Å²) in [7, 11) is 0. The number of pyridine rings is 1. The Hall–Kier alpha value is -2.13. The zero-order valence-electron chi connectivity index (χ0n) is 9.78. The lowest BCUT2D eigenvalue weighted by Crippen LogP contribution is -2.01. The highest BCUT2D eigenvalue weighted by molar-refractivity contribution is 5.77. The molecule has 3 heteroatoms. The van der Waals surface area contributed by atoms with Gasteiger partial charge in [0.05, 0.1) is 0 Å². The van der Waals surface area contributed by atoms with Crippen LogP contribution in [0.3, 0.4) is 0 Å². The quantitative estimate of drug-likeness (QED) is 0.763. The number of aliphatic hydroxyl groups excluding tert-OH is 1. The number of hydrogen-bond donors (Lipinski definition) is 1. The van der Waals surface area contributed by atoms with E-state index in [1.165, 1.54) is 0 Å². The predicted octanol–water partition coefficient (Wildman–Crippen LogP) is 3.10. The third-order valence-electron chi connectivity index (χ3n) is 2.90. The van der Waals surface area contributed by atoms with Gasteiger partial charge < -0.3 is 9.52 Å². The van der Waals surface area contributed by atoms with Gasteiger partial charge in [0.25, 0.3) is 0 Å². The van der Waals surface area contributed by atoms with Gasteiger partial charge in [-0.15, -0.1) is 0 Å². The van der Waals surface area contributed by atoms with Gasteiger partial charge in [0.2, 0.25) is 0 Å². The number of nitrogens with zero attached hydrogens (tertiary/aromatic N) is 1. The van der Waals surface area contributed by atoms with Gasteiger partial charge in [-0.3, -0.25) is 4.98 Å². The molecule has 0 bridgehead atoms. The van der Waals surface area contributed by atoms with Crippen molar-refractivity contribution in [2.75, 3.05) is 0 Å². The van der Waals surface area contributed by atoms with E-state index in [0.29, 0.717) is 12.2 Å². The Balaban J connectivity index is 1.86. The van der Waals surface area contributed by atoms with Crippen LogP contribution >= 0.6 is 0 Å². The zero-order chi connectivity index (χ0) is 12.4. The molecule has 1 aromatic carbocycles. The van der Waals surface area contributed by atoms with Crippen LogP contribution in [0.25, 0.3) is 11.0 Å². The van der Waals surface area contributed by atoms with Crippen LogP contribution in [0.5, 0.6) is 0 Å². The first-order chi connectivity index (χ1) is 8.83. The molecule has 0 aliphatic heterocycles. The van der Waals surface area contributed by atoms with Gasteiger partial charge in [-0.05, 0) is 24.3 Å². The van der Waals surface area contributed by atoms with E-state index >= 15 is 0 Å². The van der Waals surface area contributed by atoms with Crippen molar-refractivity contribution < 1.29 is 9.52 Å². The van der Waals surface area contributed by atoms with Crippen LogP contribution < -0.4 is 0 Å². The molecule has 0 radical (unpaired) electrons. The maximum Gasteiger partial charge on any atom is 0.134 e. The molecule has 0 amide bonds. The van der Waals surface area contributed by atoms with Crippen LogP contribution in [0.15, 0.2) is 59.1 Å². The molecule has 2 aromatic heterocycles. The van der Waals surface area contributed by atoms with Crippen molar-refractivity contribution in [2.45, 2.75) is 12.5 Å². The van der Waals surface area contributed by atoms with Gasteiger partial charge in [-0.1, -0.05) is 24.3 Å². The molecule has 0 saturated carbocycles. The summed E-state index contributed by atoms with van der Waals surface area (Å²) in [5.41, 5.74) is 1.65. The number of furan rings is 1. The lowest BCUT2D eigenvalue weighted by Gasteiger charge is -2.06. The van der Waals surface area contributed by atoms with Gasteiger partial charge in [0.1, 0.15) is 17.4 Å². The van der Waals surface area contributed by atoms with Crippen molar-refractivity contribution in [1.82, 2.24) is 4.98 Å². The molecule has 1 atom stereocenters. The molecule has 3 nitrogen and oxygen atoms in total. The molecule has 2 heterocycles. The molecule has 0 aliphatic rings. The minimum atomic E-state index is -0.660. The van der Waals surface area contributed by atoms with Crippen LogP contribution in [-0.2, 0) is 6.42 Å². The second kappa shape index (κ2) is 4.63. The van der Waals surface area contributed by atoms with E-state index in [2.05, 4.69) is 4.98 Å². The molecule has 0 spiro atoms. The van der Waals surface area contributed by atoms with E-state index in [9.17, 15) is 5.11 Å². The number of aliphatic hydroxyl groups is 1. The van der Waals surface area contributed by atoms with E-state index in [1.54, 1.807) is 6.20 Å². The van der Waals surface area contributed by atoms with Crippen molar-refractivity contribution >= 4 is 11.0 Å². The Labute approximate surface area is 105 Å². The minimum Gasteiger partial charge on any atom is -0.458 e. The Morgan fingerprint density at radius 2 is 1.94 bits per heavy atom. The molecule has 3 rings (SSSR count). The number of aromatic nitrogens is 1. The molecule has 18 heavy (non-hydrogen) atoms. The van der Waals surface area contributed by atoms with Gasteiger partial charge in [-0.2, -0.15) is 0 Å². The van der Waals surface area contributed by atoms with Crippen molar-refractivity contribution in [2.24, 2.45) is 0 Å². The third kappa shape index (κ3) is 2.13. The smallest absolute Gasteiger partial charge is 0.134 e. The highest BCUT2D eigenvalue weighted by Crippen LogP contribution is 2.25. The fraction of sp³-hybridized carbons (Fsp3) is 0.133. The SMILES string of the molecule is OC(Cc1ccccn1)c1cc2ccccc2o1. The molecule has 0 fully saturated rings. The predicted molar refractivity (Wildman–Crippen MR) is 69.1 cm³/mol. The first-order valence-electron chi connectivity index (χ1n) is 5.89. The first-order valence-corrected chi connectivity index (χ1v) is 5.89. The number of para-hydroxylation sites is 1. The summed E-state index contributed by atoms with van der Waals surface area (Å²) >= 11 is 0. The lowest BCUT2D eigenvalue weighted by molar-refractivity contribution is 0.151. The Kier molecular flexibility index (Phi) is 2.82. The summed E-state index contributed by atoms with van der Waals surface area (Å²) < 4.78 is 5.62. The highest BCUT2D eigenvalue weighted by atomic mass is 16.4. The van der Waals surface area contributed by atoms with Crippen molar-refractivity contribution in [3.8, 4) is 0 Å². The van der Waals surface area contributed by atoms with Gasteiger partial charge in [0.15, 0.2) is 0 Å². The molecule has 0 aliphatic carbocycles. The summed E-state index contributed by atoms with van der Waals surface area (Å²) in [5.74, 6) is 0.585. The largest absolute Gasteiger partial charge is 0.458 e. The second-order valence-corrected chi connectivity index (χ2v) is 4.23. The number of rotatable bonds is 3. The monoisotopic (exact) mass is 239 g/mol. The average Bonchev–Trinajstić information content (AvgIpc) is 2.84. The van der Waals surface area contributed by atoms with E-state index in [-0.39, 0.29) is 0 Å². The van der Waals surface area contributed by atoms with Crippen LogP contribution in [0.2, 0.25) is 0 Å². The van der Waals surface area contributed by atoms with Crippen LogP contribution in [0.4, 0.5) is 0 Å². The standard InChI is InChI=1S/C15H13NO2/c17-13(10-12-6-3-4-8-16-12)15-9-11-5-1-2-7-14(11)18-15/h1-9,13,17H,10H2. The van der Waals surface area contributed by atoms with Crippen LogP contribution in [-0.4, -0.2) is 10.1 Å². The normalized spacial score (nSPS) is 12.7. The highest BCUT2D eigenvalue weighted by Gasteiger charge is 2.14. The second-order valence-electron chi connectivity index (χ2n) is 4.23. The number of hydrogen-bond acceptors (Lipinski definition) is 3. The van der Waals surface area contributed by atoms with Crippen LogP contribution in [0.1, 0.15) is 17.6 Å². The van der Waals surface area contributed by atoms with Gasteiger partial charge >= 0.3 is 0 Å². The van der Waals surface area contributed by atoms with E-state index in [4.69, 9.17) is 4.42 Å². The summed E-state index contributed by atoms with van der Waals surface area (Å²) in [6, 6.07) is 15.3. The number of fused-ring (bicyclic) bond motifs is 1. The van der Waals surface area contributed by atoms with Crippen molar-refractivity contribution in [1.29, 1.82) is 0 Å². The fourth-order valence-electron chi connectivity index (χ4n) is 1.98. The average molecular weight is 239 g/mol. The molecule has 1 unspecified atom stereocenters. The number of benzene rings is 1. The van der Waals surface area contributed by atoms with Crippen molar-refractivity contribution in [3.05, 3.63) is 66.2 Å². The Bertz CT molecular complexity index is 613. The fourth-order valence-corrected chi connectivity index (χ4v) is 1.98. The molecule has 3 aromatic rings. The van der Waals surface area contributed by atoms with E-state index < -0.39 is 6.10 Å².